The lowest BCUT2D eigenvalue weighted by Gasteiger charge is -2.17. The number of benzene rings is 1. The largest absolute Gasteiger partial charge is 0.494 e. The van der Waals surface area contributed by atoms with Gasteiger partial charge in [-0.1, -0.05) is 38.5 Å². The fraction of sp³-hybridized carbons (Fsp3) is 0.346. The Hall–Kier alpha value is -3.28. The number of ether oxygens (including phenoxy) is 1. The van der Waals surface area contributed by atoms with Gasteiger partial charge in [-0.25, -0.2) is 14.4 Å². The standard InChI is InChI=1S/C26H31FN4O/c1-6-8-17(3)11-20(18(4)7-2)14-29-26-22-12-19(23-10-9-21(27)15-28-23)13-24(32-5)25(22)30-16-31-26/h8-13,15-16,18H,6-7,14H2,1-5H3,(H,29,30,31)/b17-8-,20-11-. The van der Waals surface area contributed by atoms with E-state index in [0.29, 0.717) is 29.4 Å². The molecule has 5 nitrogen and oxygen atoms in total. The first-order valence-corrected chi connectivity index (χ1v) is 11.0. The van der Waals surface area contributed by atoms with Crippen LogP contribution in [-0.2, 0) is 0 Å². The first-order chi connectivity index (χ1) is 15.5. The summed E-state index contributed by atoms with van der Waals surface area (Å²) < 4.78 is 18.9. The van der Waals surface area contributed by atoms with Gasteiger partial charge in [-0.05, 0) is 55.5 Å². The number of allylic oxidation sites excluding steroid dienone is 3. The van der Waals surface area contributed by atoms with Gasteiger partial charge in [0.2, 0.25) is 0 Å². The van der Waals surface area contributed by atoms with E-state index in [9.17, 15) is 4.39 Å². The van der Waals surface area contributed by atoms with Gasteiger partial charge in [-0.2, -0.15) is 0 Å². The topological polar surface area (TPSA) is 59.9 Å². The number of fused-ring (bicyclic) bond motifs is 1. The SMILES string of the molecule is CC/C=C(C)\C=C(\CNc1ncnc2c(OC)cc(-c3ccc(F)cn3)cc12)C(C)CC. The van der Waals surface area contributed by atoms with E-state index in [1.54, 1.807) is 13.2 Å². The number of aromatic nitrogens is 3. The highest BCUT2D eigenvalue weighted by Gasteiger charge is 2.14. The molecule has 0 saturated carbocycles. The second-order valence-corrected chi connectivity index (χ2v) is 7.90. The van der Waals surface area contributed by atoms with Gasteiger partial charge in [0.05, 0.1) is 19.0 Å². The summed E-state index contributed by atoms with van der Waals surface area (Å²) in [4.78, 5) is 13.1. The van der Waals surface area contributed by atoms with Gasteiger partial charge in [-0.3, -0.25) is 4.98 Å². The summed E-state index contributed by atoms with van der Waals surface area (Å²) in [6, 6.07) is 6.88. The van der Waals surface area contributed by atoms with Crippen LogP contribution in [0.3, 0.4) is 0 Å². The van der Waals surface area contributed by atoms with Crippen molar-refractivity contribution in [2.24, 2.45) is 5.92 Å². The van der Waals surface area contributed by atoms with Crippen molar-refractivity contribution < 1.29 is 9.13 Å². The minimum atomic E-state index is -0.371. The molecule has 0 bridgehead atoms. The molecule has 1 aromatic carbocycles. The molecule has 0 aliphatic heterocycles. The molecule has 1 unspecified atom stereocenters. The zero-order chi connectivity index (χ0) is 23.1. The predicted molar refractivity (Wildman–Crippen MR) is 129 cm³/mol. The van der Waals surface area contributed by atoms with E-state index in [-0.39, 0.29) is 5.82 Å². The molecule has 3 rings (SSSR count). The van der Waals surface area contributed by atoms with E-state index in [0.717, 1.165) is 29.6 Å². The molecule has 0 spiro atoms. The molecule has 1 N–H and O–H groups in total. The maximum atomic E-state index is 13.3. The lowest BCUT2D eigenvalue weighted by molar-refractivity contribution is 0.419. The molecule has 168 valence electrons. The summed E-state index contributed by atoms with van der Waals surface area (Å²) >= 11 is 0. The number of nitrogens with one attached hydrogen (secondary N) is 1. The predicted octanol–water partition coefficient (Wildman–Crippen LogP) is 6.58. The fourth-order valence-electron chi connectivity index (χ4n) is 3.62. The molecular weight excluding hydrogens is 403 g/mol. The maximum absolute atomic E-state index is 13.3. The number of rotatable bonds is 9. The van der Waals surface area contributed by atoms with E-state index in [1.807, 2.05) is 12.1 Å². The number of methoxy groups -OCH3 is 1. The Labute approximate surface area is 189 Å². The van der Waals surface area contributed by atoms with Crippen LogP contribution in [0.4, 0.5) is 10.2 Å². The maximum Gasteiger partial charge on any atom is 0.145 e. The van der Waals surface area contributed by atoms with Crippen LogP contribution in [0.5, 0.6) is 5.75 Å². The summed E-state index contributed by atoms with van der Waals surface area (Å²) in [5.74, 6) is 1.42. The van der Waals surface area contributed by atoms with Crippen LogP contribution in [0, 0.1) is 11.7 Å². The van der Waals surface area contributed by atoms with Gasteiger partial charge >= 0.3 is 0 Å². The van der Waals surface area contributed by atoms with E-state index >= 15 is 0 Å². The van der Waals surface area contributed by atoms with Crippen LogP contribution in [0.25, 0.3) is 22.2 Å². The van der Waals surface area contributed by atoms with Crippen LogP contribution in [0.15, 0.2) is 60.1 Å². The Morgan fingerprint density at radius 1 is 1.19 bits per heavy atom. The normalized spacial score (nSPS) is 13.3. The van der Waals surface area contributed by atoms with Crippen molar-refractivity contribution in [3.05, 3.63) is 65.9 Å². The molecule has 2 aromatic heterocycles. The van der Waals surface area contributed by atoms with Gasteiger partial charge < -0.3 is 10.1 Å². The van der Waals surface area contributed by atoms with Crippen molar-refractivity contribution >= 4 is 16.7 Å². The Bertz CT molecular complexity index is 1120. The summed E-state index contributed by atoms with van der Waals surface area (Å²) in [6.45, 7) is 9.40. The van der Waals surface area contributed by atoms with Crippen molar-refractivity contribution in [3.8, 4) is 17.0 Å². The van der Waals surface area contributed by atoms with Crippen molar-refractivity contribution in [2.75, 3.05) is 19.0 Å². The molecule has 32 heavy (non-hydrogen) atoms. The second-order valence-electron chi connectivity index (χ2n) is 7.90. The number of halogens is 1. The van der Waals surface area contributed by atoms with Gasteiger partial charge in [0.1, 0.15) is 29.2 Å². The molecule has 0 radical (unpaired) electrons. The highest BCUT2D eigenvalue weighted by atomic mass is 19.1. The zero-order valence-corrected chi connectivity index (χ0v) is 19.4. The Morgan fingerprint density at radius 3 is 2.66 bits per heavy atom. The molecule has 0 amide bonds. The Morgan fingerprint density at radius 2 is 2.00 bits per heavy atom. The number of nitrogens with zero attached hydrogens (tertiary/aromatic N) is 3. The smallest absolute Gasteiger partial charge is 0.145 e. The molecule has 0 aliphatic rings. The highest BCUT2D eigenvalue weighted by Crippen LogP contribution is 2.33. The molecule has 0 fully saturated rings. The minimum Gasteiger partial charge on any atom is -0.494 e. The number of hydrogen-bond donors (Lipinski definition) is 1. The zero-order valence-electron chi connectivity index (χ0n) is 19.4. The van der Waals surface area contributed by atoms with Crippen LogP contribution in [0.1, 0.15) is 40.5 Å². The van der Waals surface area contributed by atoms with Crippen molar-refractivity contribution in [1.29, 1.82) is 0 Å². The molecule has 3 aromatic rings. The van der Waals surface area contributed by atoms with Crippen molar-refractivity contribution in [2.45, 2.75) is 40.5 Å². The monoisotopic (exact) mass is 434 g/mol. The summed E-state index contributed by atoms with van der Waals surface area (Å²) in [6.07, 6.45) is 9.32. The van der Waals surface area contributed by atoms with Crippen LogP contribution >= 0.6 is 0 Å². The van der Waals surface area contributed by atoms with Crippen molar-refractivity contribution in [3.63, 3.8) is 0 Å². The number of hydrogen-bond acceptors (Lipinski definition) is 5. The quantitative estimate of drug-likeness (QED) is 0.386. The number of anilines is 1. The van der Waals surface area contributed by atoms with Gasteiger partial charge in [0.15, 0.2) is 0 Å². The molecule has 0 aliphatic carbocycles. The van der Waals surface area contributed by atoms with E-state index in [1.165, 1.54) is 29.7 Å². The molecular formula is C26H31FN4O. The summed E-state index contributed by atoms with van der Waals surface area (Å²) in [5, 5.41) is 4.34. The average molecular weight is 435 g/mol. The van der Waals surface area contributed by atoms with E-state index in [4.69, 9.17) is 4.74 Å². The molecule has 0 saturated heterocycles. The van der Waals surface area contributed by atoms with Crippen molar-refractivity contribution in [1.82, 2.24) is 15.0 Å². The third kappa shape index (κ3) is 5.49. The van der Waals surface area contributed by atoms with Gasteiger partial charge in [-0.15, -0.1) is 0 Å². The average Bonchev–Trinajstić information content (AvgIpc) is 2.81. The van der Waals surface area contributed by atoms with E-state index < -0.39 is 0 Å². The molecule has 1 atom stereocenters. The molecule has 2 heterocycles. The van der Waals surface area contributed by atoms with Gasteiger partial charge in [0.25, 0.3) is 0 Å². The lowest BCUT2D eigenvalue weighted by atomic mass is 9.96. The van der Waals surface area contributed by atoms with Crippen LogP contribution < -0.4 is 10.1 Å². The Kier molecular flexibility index (Phi) is 7.92. The lowest BCUT2D eigenvalue weighted by Crippen LogP contribution is -2.12. The number of pyridine rings is 1. The van der Waals surface area contributed by atoms with Crippen LogP contribution in [0.2, 0.25) is 0 Å². The summed E-state index contributed by atoms with van der Waals surface area (Å²) in [7, 11) is 1.61. The molecule has 6 heteroatoms. The van der Waals surface area contributed by atoms with Gasteiger partial charge in [0, 0.05) is 17.5 Å². The third-order valence-electron chi connectivity index (χ3n) is 5.59. The van der Waals surface area contributed by atoms with Crippen LogP contribution in [-0.4, -0.2) is 28.6 Å². The fourth-order valence-corrected chi connectivity index (χ4v) is 3.62. The Balaban J connectivity index is 2.01. The first-order valence-electron chi connectivity index (χ1n) is 11.0. The third-order valence-corrected chi connectivity index (χ3v) is 5.59. The van der Waals surface area contributed by atoms with E-state index in [2.05, 4.69) is 60.1 Å². The minimum absolute atomic E-state index is 0.371. The highest BCUT2D eigenvalue weighted by molar-refractivity contribution is 5.96. The second kappa shape index (κ2) is 10.8. The first kappa shape index (κ1) is 23.4. The summed E-state index contributed by atoms with van der Waals surface area (Å²) in [5.41, 5.74) is 4.77.